The van der Waals surface area contributed by atoms with Gasteiger partial charge in [0, 0.05) is 37.3 Å². The van der Waals surface area contributed by atoms with Crippen LogP contribution in [0.1, 0.15) is 28.6 Å². The molecule has 0 radical (unpaired) electrons. The predicted molar refractivity (Wildman–Crippen MR) is 104 cm³/mol. The van der Waals surface area contributed by atoms with Gasteiger partial charge in [0.2, 0.25) is 0 Å². The number of pyridine rings is 1. The second kappa shape index (κ2) is 8.42. The molecule has 1 aliphatic heterocycles. The molecule has 3 aromatic rings. The van der Waals surface area contributed by atoms with Crippen molar-refractivity contribution < 1.29 is 9.13 Å². The zero-order chi connectivity index (χ0) is 18.5. The third kappa shape index (κ3) is 4.59. The Bertz CT molecular complexity index is 884. The van der Waals surface area contributed by atoms with E-state index in [0.717, 1.165) is 36.5 Å². The first-order valence-corrected chi connectivity index (χ1v) is 9.35. The van der Waals surface area contributed by atoms with Crippen LogP contribution in [0.3, 0.4) is 0 Å². The molecular weight excluding hydrogens is 339 g/mol. The fraction of sp³-hybridized carbons (Fsp3) is 0.261. The van der Waals surface area contributed by atoms with Crippen molar-refractivity contribution in [3.8, 4) is 0 Å². The molecule has 0 amide bonds. The maximum Gasteiger partial charge on any atom is 0.127 e. The Morgan fingerprint density at radius 3 is 2.63 bits per heavy atom. The topological polar surface area (TPSA) is 25.4 Å². The molecule has 1 saturated heterocycles. The Morgan fingerprint density at radius 2 is 1.78 bits per heavy atom. The van der Waals surface area contributed by atoms with Gasteiger partial charge in [-0.3, -0.25) is 9.88 Å². The average Bonchev–Trinajstić information content (AvgIpc) is 2.71. The summed E-state index contributed by atoms with van der Waals surface area (Å²) in [4.78, 5) is 7.06. The van der Waals surface area contributed by atoms with Gasteiger partial charge in [0.25, 0.3) is 0 Å². The van der Waals surface area contributed by atoms with E-state index >= 15 is 0 Å². The lowest BCUT2D eigenvalue weighted by atomic mass is 10.1. The molecule has 2 heterocycles. The molecular formula is C23H23FN2O. The summed E-state index contributed by atoms with van der Waals surface area (Å²) < 4.78 is 19.9. The van der Waals surface area contributed by atoms with E-state index in [9.17, 15) is 4.39 Å². The molecule has 0 unspecified atom stereocenters. The summed E-state index contributed by atoms with van der Waals surface area (Å²) >= 11 is 0. The molecule has 27 heavy (non-hydrogen) atoms. The van der Waals surface area contributed by atoms with E-state index in [-0.39, 0.29) is 11.9 Å². The lowest BCUT2D eigenvalue weighted by Crippen LogP contribution is -2.38. The van der Waals surface area contributed by atoms with Crippen LogP contribution >= 0.6 is 0 Å². The highest BCUT2D eigenvalue weighted by molar-refractivity contribution is 5.23. The summed E-state index contributed by atoms with van der Waals surface area (Å²) in [5.41, 5.74) is 3.95. The Hall–Kier alpha value is -2.56. The molecule has 4 rings (SSSR count). The van der Waals surface area contributed by atoms with Crippen molar-refractivity contribution >= 4 is 0 Å². The number of rotatable bonds is 5. The first-order valence-electron chi connectivity index (χ1n) is 9.35. The zero-order valence-corrected chi connectivity index (χ0v) is 15.2. The summed E-state index contributed by atoms with van der Waals surface area (Å²) in [6, 6.07) is 23.4. The van der Waals surface area contributed by atoms with Gasteiger partial charge in [-0.2, -0.15) is 0 Å². The lowest BCUT2D eigenvalue weighted by molar-refractivity contribution is -0.0353. The summed E-state index contributed by atoms with van der Waals surface area (Å²) in [6.07, 6.45) is 0.724. The molecule has 1 atom stereocenters. The van der Waals surface area contributed by atoms with Crippen molar-refractivity contribution in [2.24, 2.45) is 0 Å². The van der Waals surface area contributed by atoms with Gasteiger partial charge in [0.1, 0.15) is 11.9 Å². The Balaban J connectivity index is 1.45. The van der Waals surface area contributed by atoms with E-state index in [1.165, 1.54) is 11.6 Å². The highest BCUT2D eigenvalue weighted by Crippen LogP contribution is 2.23. The smallest absolute Gasteiger partial charge is 0.127 e. The fourth-order valence-electron chi connectivity index (χ4n) is 3.47. The largest absolute Gasteiger partial charge is 0.369 e. The van der Waals surface area contributed by atoms with E-state index in [1.54, 1.807) is 6.07 Å². The van der Waals surface area contributed by atoms with Crippen molar-refractivity contribution in [2.45, 2.75) is 19.1 Å². The number of hydrogen-bond acceptors (Lipinski definition) is 3. The van der Waals surface area contributed by atoms with Crippen LogP contribution in [0.25, 0.3) is 0 Å². The number of hydrogen-bond donors (Lipinski definition) is 0. The molecule has 0 aliphatic carbocycles. The molecule has 2 aromatic carbocycles. The molecule has 1 aromatic heterocycles. The van der Waals surface area contributed by atoms with Gasteiger partial charge < -0.3 is 4.74 Å². The molecule has 4 heteroatoms. The molecule has 0 N–H and O–H groups in total. The highest BCUT2D eigenvalue weighted by atomic mass is 19.1. The van der Waals surface area contributed by atoms with Crippen LogP contribution in [-0.4, -0.2) is 29.6 Å². The third-order valence-electron chi connectivity index (χ3n) is 4.89. The van der Waals surface area contributed by atoms with Gasteiger partial charge in [0.05, 0.1) is 12.3 Å². The summed E-state index contributed by atoms with van der Waals surface area (Å²) in [5, 5.41) is 0. The monoisotopic (exact) mass is 362 g/mol. The minimum atomic E-state index is -0.150. The van der Waals surface area contributed by atoms with Crippen molar-refractivity contribution in [3.63, 3.8) is 0 Å². The second-order valence-corrected chi connectivity index (χ2v) is 6.90. The van der Waals surface area contributed by atoms with E-state index < -0.39 is 0 Å². The number of benzene rings is 2. The molecule has 3 nitrogen and oxygen atoms in total. The fourth-order valence-corrected chi connectivity index (χ4v) is 3.47. The maximum absolute atomic E-state index is 14.0. The maximum atomic E-state index is 14.0. The van der Waals surface area contributed by atoms with Gasteiger partial charge in [0.15, 0.2) is 0 Å². The number of ether oxygens (including phenoxy) is 1. The van der Waals surface area contributed by atoms with Crippen molar-refractivity contribution in [3.05, 3.63) is 101 Å². The highest BCUT2D eigenvalue weighted by Gasteiger charge is 2.23. The minimum absolute atomic E-state index is 0.0822. The van der Waals surface area contributed by atoms with E-state index in [4.69, 9.17) is 9.72 Å². The number of aromatic nitrogens is 1. The van der Waals surface area contributed by atoms with Crippen LogP contribution in [0.5, 0.6) is 0 Å². The Morgan fingerprint density at radius 1 is 0.963 bits per heavy atom. The molecule has 0 saturated carbocycles. The summed E-state index contributed by atoms with van der Waals surface area (Å²) in [6.45, 7) is 2.74. The van der Waals surface area contributed by atoms with E-state index in [0.29, 0.717) is 13.2 Å². The normalized spacial score (nSPS) is 17.7. The first-order chi connectivity index (χ1) is 13.3. The predicted octanol–water partition coefficient (Wildman–Crippen LogP) is 4.39. The summed E-state index contributed by atoms with van der Waals surface area (Å²) in [7, 11) is 0. The molecule has 1 fully saturated rings. The van der Waals surface area contributed by atoms with Gasteiger partial charge in [-0.15, -0.1) is 0 Å². The number of morpholine rings is 1. The molecule has 0 bridgehead atoms. The standard InChI is InChI=1S/C23H23FN2O/c24-21-11-5-4-9-19(21)16-26-13-14-27-23(17-26)22-12-6-10-20(25-22)15-18-7-2-1-3-8-18/h1-12,23H,13-17H2/t23-/m1/s1. The minimum Gasteiger partial charge on any atom is -0.369 e. The van der Waals surface area contributed by atoms with Gasteiger partial charge >= 0.3 is 0 Å². The van der Waals surface area contributed by atoms with Crippen LogP contribution in [0.4, 0.5) is 4.39 Å². The van der Waals surface area contributed by atoms with Crippen molar-refractivity contribution in [2.75, 3.05) is 19.7 Å². The number of nitrogens with zero attached hydrogens (tertiary/aromatic N) is 2. The first kappa shape index (κ1) is 17.8. The zero-order valence-electron chi connectivity index (χ0n) is 15.2. The molecule has 138 valence electrons. The Kier molecular flexibility index (Phi) is 5.56. The SMILES string of the molecule is Fc1ccccc1CN1CCO[C@@H](c2cccc(Cc3ccccc3)n2)C1. The Labute approximate surface area is 159 Å². The van der Waals surface area contributed by atoms with Crippen LogP contribution in [0, 0.1) is 5.82 Å². The van der Waals surface area contributed by atoms with Crippen LogP contribution in [-0.2, 0) is 17.7 Å². The van der Waals surface area contributed by atoms with E-state index in [1.807, 2.05) is 42.5 Å². The molecule has 0 spiro atoms. The van der Waals surface area contributed by atoms with E-state index in [2.05, 4.69) is 23.1 Å². The van der Waals surface area contributed by atoms with Crippen LogP contribution in [0.2, 0.25) is 0 Å². The van der Waals surface area contributed by atoms with Crippen molar-refractivity contribution in [1.82, 2.24) is 9.88 Å². The van der Waals surface area contributed by atoms with Gasteiger partial charge in [-0.1, -0.05) is 54.6 Å². The lowest BCUT2D eigenvalue weighted by Gasteiger charge is -2.32. The molecule has 1 aliphatic rings. The van der Waals surface area contributed by atoms with Crippen LogP contribution < -0.4 is 0 Å². The van der Waals surface area contributed by atoms with Crippen molar-refractivity contribution in [1.29, 1.82) is 0 Å². The van der Waals surface area contributed by atoms with Gasteiger partial charge in [-0.05, 0) is 23.8 Å². The number of halogens is 1. The summed E-state index contributed by atoms with van der Waals surface area (Å²) in [5.74, 6) is -0.150. The quantitative estimate of drug-likeness (QED) is 0.673. The van der Waals surface area contributed by atoms with Crippen LogP contribution in [0.15, 0.2) is 72.8 Å². The average molecular weight is 362 g/mol. The third-order valence-corrected chi connectivity index (χ3v) is 4.89. The second-order valence-electron chi connectivity index (χ2n) is 6.90. The van der Waals surface area contributed by atoms with Gasteiger partial charge in [-0.25, -0.2) is 4.39 Å².